The molecule has 1 aliphatic heterocycles. The molecule has 0 aliphatic carbocycles. The van der Waals surface area contributed by atoms with Crippen molar-refractivity contribution in [2.24, 2.45) is 4.99 Å². The number of allylic oxidation sites excluding steroid dienone is 1. The van der Waals surface area contributed by atoms with Crippen molar-refractivity contribution in [1.29, 1.82) is 0 Å². The third-order valence-corrected chi connectivity index (χ3v) is 2.98. The second-order valence-corrected chi connectivity index (χ2v) is 4.36. The van der Waals surface area contributed by atoms with Crippen LogP contribution in [0.3, 0.4) is 0 Å². The van der Waals surface area contributed by atoms with Gasteiger partial charge < -0.3 is 10.4 Å². The molecule has 1 aliphatic rings. The Morgan fingerprint density at radius 1 is 1.05 bits per heavy atom. The van der Waals surface area contributed by atoms with E-state index in [-0.39, 0.29) is 0 Å². The van der Waals surface area contributed by atoms with E-state index in [9.17, 15) is 4.79 Å². The van der Waals surface area contributed by atoms with E-state index < -0.39 is 5.97 Å². The minimum atomic E-state index is -1.00. The first kappa shape index (κ1) is 12.2. The summed E-state index contributed by atoms with van der Waals surface area (Å²) in [6, 6.07) is 17.1. The Kier molecular flexibility index (Phi) is 3.05. The first-order valence-corrected chi connectivity index (χ1v) is 6.19. The van der Waals surface area contributed by atoms with E-state index >= 15 is 0 Å². The number of carbonyl (C=O) groups is 1. The molecule has 0 amide bonds. The largest absolute Gasteiger partial charge is 0.478 e. The number of aliphatic carboxylic acids is 1. The SMILES string of the molecule is O=C(O)/C=C1\Nc2ccccc2N=C1c1ccccc1. The molecule has 2 N–H and O–H groups in total. The number of carboxylic acids is 1. The van der Waals surface area contributed by atoms with Crippen LogP contribution in [0, 0.1) is 0 Å². The molecule has 0 atom stereocenters. The fraction of sp³-hybridized carbons (Fsp3) is 0. The summed E-state index contributed by atoms with van der Waals surface area (Å²) in [5, 5.41) is 12.1. The molecule has 3 rings (SSSR count). The number of carboxylic acid groups (broad SMARTS) is 1. The molecule has 4 nitrogen and oxygen atoms in total. The molecule has 2 aromatic carbocycles. The van der Waals surface area contributed by atoms with Gasteiger partial charge in [0.25, 0.3) is 0 Å². The van der Waals surface area contributed by atoms with E-state index in [0.29, 0.717) is 11.4 Å². The highest BCUT2D eigenvalue weighted by atomic mass is 16.4. The van der Waals surface area contributed by atoms with Crippen LogP contribution < -0.4 is 5.32 Å². The smallest absolute Gasteiger partial charge is 0.330 e. The summed E-state index contributed by atoms with van der Waals surface area (Å²) < 4.78 is 0. The molecule has 0 spiro atoms. The number of para-hydroxylation sites is 2. The molecule has 0 unspecified atom stereocenters. The number of benzene rings is 2. The Morgan fingerprint density at radius 2 is 1.75 bits per heavy atom. The molecular formula is C16H12N2O2. The second kappa shape index (κ2) is 5.01. The maximum absolute atomic E-state index is 11.0. The molecule has 20 heavy (non-hydrogen) atoms. The Bertz CT molecular complexity index is 718. The summed E-state index contributed by atoms with van der Waals surface area (Å²) in [7, 11) is 0. The average molecular weight is 264 g/mol. The quantitative estimate of drug-likeness (QED) is 0.819. The van der Waals surface area contributed by atoms with Crippen LogP contribution in [0.1, 0.15) is 5.56 Å². The average Bonchev–Trinajstić information content (AvgIpc) is 2.47. The van der Waals surface area contributed by atoms with E-state index in [0.717, 1.165) is 23.0 Å². The molecule has 4 heteroatoms. The lowest BCUT2D eigenvalue weighted by atomic mass is 10.0. The molecular weight excluding hydrogens is 252 g/mol. The Morgan fingerprint density at radius 3 is 2.50 bits per heavy atom. The number of nitrogens with zero attached hydrogens (tertiary/aromatic N) is 1. The van der Waals surface area contributed by atoms with Crippen LogP contribution in [0.5, 0.6) is 0 Å². The first-order valence-electron chi connectivity index (χ1n) is 6.19. The molecule has 0 saturated heterocycles. The molecule has 0 radical (unpaired) electrons. The monoisotopic (exact) mass is 264 g/mol. The number of anilines is 1. The zero-order valence-corrected chi connectivity index (χ0v) is 10.6. The standard InChI is InChI=1S/C16H12N2O2/c19-15(20)10-14-16(11-6-2-1-3-7-11)18-13-9-5-4-8-12(13)17-14/h1-10,17H,(H,19,20)/b14-10-. The van der Waals surface area contributed by atoms with Gasteiger partial charge in [-0.05, 0) is 12.1 Å². The summed E-state index contributed by atoms with van der Waals surface area (Å²) in [6.07, 6.45) is 1.14. The molecule has 0 saturated carbocycles. The van der Waals surface area contributed by atoms with Crippen molar-refractivity contribution >= 4 is 23.1 Å². The van der Waals surface area contributed by atoms with E-state index in [2.05, 4.69) is 10.3 Å². The van der Waals surface area contributed by atoms with Gasteiger partial charge in [0.2, 0.25) is 0 Å². The van der Waals surface area contributed by atoms with Gasteiger partial charge in [0.1, 0.15) is 0 Å². The van der Waals surface area contributed by atoms with Crippen LogP contribution in [0.15, 0.2) is 71.4 Å². The van der Waals surface area contributed by atoms with Crippen molar-refractivity contribution < 1.29 is 9.90 Å². The highest BCUT2D eigenvalue weighted by molar-refractivity contribution is 6.19. The minimum absolute atomic E-state index is 0.488. The van der Waals surface area contributed by atoms with Gasteiger partial charge in [-0.25, -0.2) is 9.79 Å². The predicted molar refractivity (Wildman–Crippen MR) is 78.4 cm³/mol. The van der Waals surface area contributed by atoms with Crippen LogP contribution in [-0.2, 0) is 4.79 Å². The lowest BCUT2D eigenvalue weighted by Gasteiger charge is -2.20. The molecule has 98 valence electrons. The molecule has 0 aromatic heterocycles. The number of aliphatic imine (C=N–C) groups is 1. The maximum Gasteiger partial charge on any atom is 0.330 e. The van der Waals surface area contributed by atoms with E-state index in [1.54, 1.807) is 0 Å². The topological polar surface area (TPSA) is 61.7 Å². The zero-order chi connectivity index (χ0) is 13.9. The van der Waals surface area contributed by atoms with Crippen molar-refractivity contribution in [3.8, 4) is 0 Å². The number of hydrogen-bond acceptors (Lipinski definition) is 3. The Labute approximate surface area is 116 Å². The zero-order valence-electron chi connectivity index (χ0n) is 10.6. The fourth-order valence-electron chi connectivity index (χ4n) is 2.11. The molecule has 1 heterocycles. The second-order valence-electron chi connectivity index (χ2n) is 4.36. The lowest BCUT2D eigenvalue weighted by molar-refractivity contribution is -0.131. The van der Waals surface area contributed by atoms with Crippen molar-refractivity contribution in [3.63, 3.8) is 0 Å². The number of rotatable bonds is 2. The summed E-state index contributed by atoms with van der Waals surface area (Å²) in [5.41, 5.74) is 3.60. The highest BCUT2D eigenvalue weighted by Gasteiger charge is 2.18. The summed E-state index contributed by atoms with van der Waals surface area (Å²) in [4.78, 5) is 15.6. The molecule has 0 bridgehead atoms. The molecule has 0 fully saturated rings. The predicted octanol–water partition coefficient (Wildman–Crippen LogP) is 3.20. The van der Waals surface area contributed by atoms with Crippen molar-refractivity contribution in [2.75, 3.05) is 5.32 Å². The summed E-state index contributed by atoms with van der Waals surface area (Å²) in [5.74, 6) is -1.00. The molecule has 2 aromatic rings. The van der Waals surface area contributed by atoms with E-state index in [1.807, 2.05) is 54.6 Å². The van der Waals surface area contributed by atoms with E-state index in [1.165, 1.54) is 0 Å². The van der Waals surface area contributed by atoms with Crippen molar-refractivity contribution in [3.05, 3.63) is 71.9 Å². The highest BCUT2D eigenvalue weighted by Crippen LogP contribution is 2.32. The van der Waals surface area contributed by atoms with Crippen molar-refractivity contribution in [2.45, 2.75) is 0 Å². The van der Waals surface area contributed by atoms with Gasteiger partial charge in [0.15, 0.2) is 0 Å². The first-order chi connectivity index (χ1) is 9.74. The van der Waals surface area contributed by atoms with Gasteiger partial charge in [0.05, 0.1) is 22.8 Å². The van der Waals surface area contributed by atoms with Gasteiger partial charge >= 0.3 is 5.97 Å². The third-order valence-electron chi connectivity index (χ3n) is 2.98. The minimum Gasteiger partial charge on any atom is -0.478 e. The van der Waals surface area contributed by atoms with Gasteiger partial charge in [-0.1, -0.05) is 42.5 Å². The van der Waals surface area contributed by atoms with Gasteiger partial charge in [-0.15, -0.1) is 0 Å². The van der Waals surface area contributed by atoms with Gasteiger partial charge in [-0.3, -0.25) is 0 Å². The van der Waals surface area contributed by atoms with Crippen LogP contribution in [0.2, 0.25) is 0 Å². The van der Waals surface area contributed by atoms with Crippen LogP contribution >= 0.6 is 0 Å². The van der Waals surface area contributed by atoms with Gasteiger partial charge in [-0.2, -0.15) is 0 Å². The van der Waals surface area contributed by atoms with Gasteiger partial charge in [0, 0.05) is 11.6 Å². The Balaban J connectivity index is 2.16. The van der Waals surface area contributed by atoms with E-state index in [4.69, 9.17) is 5.11 Å². The van der Waals surface area contributed by atoms with Crippen LogP contribution in [-0.4, -0.2) is 16.8 Å². The Hall–Kier alpha value is -2.88. The normalized spacial score (nSPS) is 15.2. The number of nitrogens with one attached hydrogen (secondary N) is 1. The lowest BCUT2D eigenvalue weighted by Crippen LogP contribution is -2.18. The third kappa shape index (κ3) is 2.31. The van der Waals surface area contributed by atoms with Crippen LogP contribution in [0.25, 0.3) is 0 Å². The van der Waals surface area contributed by atoms with Crippen LogP contribution in [0.4, 0.5) is 11.4 Å². The summed E-state index contributed by atoms with van der Waals surface area (Å²) >= 11 is 0. The fourth-order valence-corrected chi connectivity index (χ4v) is 2.11. The summed E-state index contributed by atoms with van der Waals surface area (Å²) in [6.45, 7) is 0. The van der Waals surface area contributed by atoms with Crippen molar-refractivity contribution in [1.82, 2.24) is 0 Å². The maximum atomic E-state index is 11.0. The number of fused-ring (bicyclic) bond motifs is 1. The number of hydrogen-bond donors (Lipinski definition) is 2.